The summed E-state index contributed by atoms with van der Waals surface area (Å²) >= 11 is 1.99. The zero-order valence-electron chi connectivity index (χ0n) is 10.1. The lowest BCUT2D eigenvalue weighted by molar-refractivity contribution is 0.663. The number of imidazole rings is 1. The molecule has 0 aliphatic heterocycles. The van der Waals surface area contributed by atoms with Crippen LogP contribution in [0.15, 0.2) is 12.4 Å². The summed E-state index contributed by atoms with van der Waals surface area (Å²) in [7, 11) is 2.02. The third-order valence-corrected chi connectivity index (χ3v) is 3.29. The maximum Gasteiger partial charge on any atom is 0.122 e. The molecular weight excluding hydrogens is 206 g/mol. The molecule has 4 heteroatoms. The Kier molecular flexibility index (Phi) is 4.67. The number of nitrogens with zero attached hydrogens (tertiary/aromatic N) is 2. The third kappa shape index (κ3) is 5.23. The van der Waals surface area contributed by atoms with Crippen molar-refractivity contribution in [2.45, 2.75) is 32.1 Å². The standard InChI is InChI=1S/C11H21N3S/c1-11(2,3)15-8-6-12-9-10-13-5-7-14(10)4/h5,7,12H,6,8-9H2,1-4H3. The molecule has 1 aromatic heterocycles. The quantitative estimate of drug-likeness (QED) is 0.781. The van der Waals surface area contributed by atoms with Crippen molar-refractivity contribution < 1.29 is 0 Å². The first kappa shape index (κ1) is 12.6. The number of thioether (sulfide) groups is 1. The van der Waals surface area contributed by atoms with E-state index in [0.717, 1.165) is 24.7 Å². The molecule has 0 spiro atoms. The number of rotatable bonds is 5. The highest BCUT2D eigenvalue weighted by Gasteiger charge is 2.09. The van der Waals surface area contributed by atoms with Gasteiger partial charge in [0.15, 0.2) is 0 Å². The van der Waals surface area contributed by atoms with Crippen LogP contribution < -0.4 is 5.32 Å². The fourth-order valence-corrected chi connectivity index (χ4v) is 2.06. The van der Waals surface area contributed by atoms with Gasteiger partial charge in [0.1, 0.15) is 5.82 Å². The predicted octanol–water partition coefficient (Wildman–Crippen LogP) is 2.04. The Labute approximate surface area is 96.7 Å². The van der Waals surface area contributed by atoms with Gasteiger partial charge in [0, 0.05) is 36.5 Å². The smallest absolute Gasteiger partial charge is 0.122 e. The first-order valence-electron chi connectivity index (χ1n) is 5.30. The van der Waals surface area contributed by atoms with E-state index in [4.69, 9.17) is 0 Å². The van der Waals surface area contributed by atoms with Crippen molar-refractivity contribution in [1.82, 2.24) is 14.9 Å². The van der Waals surface area contributed by atoms with Gasteiger partial charge in [-0.15, -0.1) is 0 Å². The van der Waals surface area contributed by atoms with Crippen LogP contribution in [0.4, 0.5) is 0 Å². The minimum Gasteiger partial charge on any atom is -0.337 e. The van der Waals surface area contributed by atoms with Crippen molar-refractivity contribution in [1.29, 1.82) is 0 Å². The molecule has 0 unspecified atom stereocenters. The summed E-state index contributed by atoms with van der Waals surface area (Å²) in [4.78, 5) is 4.26. The maximum atomic E-state index is 4.26. The molecule has 1 aromatic rings. The highest BCUT2D eigenvalue weighted by Crippen LogP contribution is 2.21. The summed E-state index contributed by atoms with van der Waals surface area (Å²) in [6.07, 6.45) is 3.81. The second kappa shape index (κ2) is 5.56. The van der Waals surface area contributed by atoms with Crippen LogP contribution in [0.1, 0.15) is 26.6 Å². The normalized spacial score (nSPS) is 12.0. The van der Waals surface area contributed by atoms with Gasteiger partial charge in [-0.1, -0.05) is 20.8 Å². The molecule has 0 atom stereocenters. The summed E-state index contributed by atoms with van der Waals surface area (Å²) in [5.74, 6) is 2.24. The summed E-state index contributed by atoms with van der Waals surface area (Å²) < 4.78 is 2.41. The molecule has 1 rings (SSSR count). The fraction of sp³-hybridized carbons (Fsp3) is 0.727. The van der Waals surface area contributed by atoms with E-state index in [0.29, 0.717) is 4.75 Å². The highest BCUT2D eigenvalue weighted by molar-refractivity contribution is 8.00. The summed E-state index contributed by atoms with van der Waals surface area (Å²) in [6, 6.07) is 0. The molecule has 15 heavy (non-hydrogen) atoms. The van der Waals surface area contributed by atoms with Gasteiger partial charge in [0.2, 0.25) is 0 Å². The van der Waals surface area contributed by atoms with Crippen LogP contribution in [-0.4, -0.2) is 26.6 Å². The molecule has 1 heterocycles. The van der Waals surface area contributed by atoms with Crippen LogP contribution in [0, 0.1) is 0 Å². The number of nitrogens with one attached hydrogen (secondary N) is 1. The molecule has 3 nitrogen and oxygen atoms in total. The maximum absolute atomic E-state index is 4.26. The fourth-order valence-electron chi connectivity index (χ4n) is 1.20. The zero-order chi connectivity index (χ0) is 11.3. The predicted molar refractivity (Wildman–Crippen MR) is 67.1 cm³/mol. The van der Waals surface area contributed by atoms with E-state index in [1.165, 1.54) is 0 Å². The van der Waals surface area contributed by atoms with Gasteiger partial charge in [-0.3, -0.25) is 0 Å². The van der Waals surface area contributed by atoms with Crippen molar-refractivity contribution in [2.24, 2.45) is 7.05 Å². The molecule has 0 amide bonds. The van der Waals surface area contributed by atoms with Crippen LogP contribution in [0.25, 0.3) is 0 Å². The van der Waals surface area contributed by atoms with Crippen LogP contribution in [0.5, 0.6) is 0 Å². The van der Waals surface area contributed by atoms with Crippen molar-refractivity contribution in [3.63, 3.8) is 0 Å². The SMILES string of the molecule is Cn1ccnc1CNCCSC(C)(C)C. The van der Waals surface area contributed by atoms with E-state index in [1.807, 2.05) is 35.8 Å². The lowest BCUT2D eigenvalue weighted by Gasteiger charge is -2.17. The van der Waals surface area contributed by atoms with Crippen LogP contribution in [-0.2, 0) is 13.6 Å². The van der Waals surface area contributed by atoms with Crippen LogP contribution in [0.3, 0.4) is 0 Å². The van der Waals surface area contributed by atoms with Gasteiger partial charge >= 0.3 is 0 Å². The summed E-state index contributed by atoms with van der Waals surface area (Å²) in [5, 5.41) is 3.40. The van der Waals surface area contributed by atoms with Crippen LogP contribution >= 0.6 is 11.8 Å². The lowest BCUT2D eigenvalue weighted by Crippen LogP contribution is -2.21. The topological polar surface area (TPSA) is 29.9 Å². The van der Waals surface area contributed by atoms with E-state index >= 15 is 0 Å². The number of aryl methyl sites for hydroxylation is 1. The number of hydrogen-bond acceptors (Lipinski definition) is 3. The van der Waals surface area contributed by atoms with E-state index in [9.17, 15) is 0 Å². The third-order valence-electron chi connectivity index (χ3n) is 2.02. The minimum atomic E-state index is 0.366. The average Bonchev–Trinajstić information content (AvgIpc) is 2.49. The number of aromatic nitrogens is 2. The van der Waals surface area contributed by atoms with Gasteiger partial charge in [-0.25, -0.2) is 4.98 Å². The van der Waals surface area contributed by atoms with Gasteiger partial charge in [0.05, 0.1) is 6.54 Å². The lowest BCUT2D eigenvalue weighted by atomic mass is 10.3. The minimum absolute atomic E-state index is 0.366. The Bertz CT molecular complexity index is 288. The second-order valence-corrected chi connectivity index (χ2v) is 6.51. The molecule has 0 saturated carbocycles. The molecule has 0 saturated heterocycles. The molecule has 0 radical (unpaired) electrons. The van der Waals surface area contributed by atoms with Gasteiger partial charge < -0.3 is 9.88 Å². The Morgan fingerprint density at radius 3 is 2.73 bits per heavy atom. The first-order valence-corrected chi connectivity index (χ1v) is 6.28. The molecule has 0 bridgehead atoms. The Balaban J connectivity index is 2.10. The Morgan fingerprint density at radius 1 is 1.47 bits per heavy atom. The molecule has 0 aromatic carbocycles. The van der Waals surface area contributed by atoms with Crippen LogP contribution in [0.2, 0.25) is 0 Å². The van der Waals surface area contributed by atoms with E-state index < -0.39 is 0 Å². The first-order chi connectivity index (χ1) is 6.99. The Hall–Kier alpha value is -0.480. The van der Waals surface area contributed by atoms with E-state index in [1.54, 1.807) is 0 Å². The van der Waals surface area contributed by atoms with Crippen molar-refractivity contribution >= 4 is 11.8 Å². The molecular formula is C11H21N3S. The van der Waals surface area contributed by atoms with E-state index in [-0.39, 0.29) is 0 Å². The molecule has 0 aliphatic carbocycles. The van der Waals surface area contributed by atoms with Gasteiger partial charge in [-0.05, 0) is 0 Å². The monoisotopic (exact) mass is 227 g/mol. The zero-order valence-corrected chi connectivity index (χ0v) is 10.9. The van der Waals surface area contributed by atoms with Crippen molar-refractivity contribution in [2.75, 3.05) is 12.3 Å². The molecule has 86 valence electrons. The molecule has 0 aliphatic rings. The largest absolute Gasteiger partial charge is 0.337 e. The van der Waals surface area contributed by atoms with E-state index in [2.05, 4.69) is 31.1 Å². The van der Waals surface area contributed by atoms with Crippen molar-refractivity contribution in [3.05, 3.63) is 18.2 Å². The average molecular weight is 227 g/mol. The van der Waals surface area contributed by atoms with Gasteiger partial charge in [0.25, 0.3) is 0 Å². The second-order valence-electron chi connectivity index (χ2n) is 4.59. The Morgan fingerprint density at radius 2 is 2.20 bits per heavy atom. The highest BCUT2D eigenvalue weighted by atomic mass is 32.2. The summed E-state index contributed by atoms with van der Waals surface area (Å²) in [5.41, 5.74) is 0. The van der Waals surface area contributed by atoms with Gasteiger partial charge in [-0.2, -0.15) is 11.8 Å². The van der Waals surface area contributed by atoms with Crippen molar-refractivity contribution in [3.8, 4) is 0 Å². The molecule has 0 fully saturated rings. The summed E-state index contributed by atoms with van der Waals surface area (Å²) in [6.45, 7) is 8.63. The number of hydrogen-bond donors (Lipinski definition) is 1. The molecule has 1 N–H and O–H groups in total.